The fourth-order valence-corrected chi connectivity index (χ4v) is 4.74. The number of nitrogens with one attached hydrogen (secondary N) is 2. The zero-order valence-corrected chi connectivity index (χ0v) is 18.5. The van der Waals surface area contributed by atoms with E-state index in [1.165, 1.54) is 11.1 Å². The van der Waals surface area contributed by atoms with Crippen molar-refractivity contribution in [3.63, 3.8) is 0 Å². The highest BCUT2D eigenvalue weighted by Crippen LogP contribution is 2.44. The number of carbonyl (C=O) groups excluding carboxylic acids is 1. The van der Waals surface area contributed by atoms with E-state index < -0.39 is 0 Å². The number of para-hydroxylation sites is 2. The Kier molecular flexibility index (Phi) is 5.44. The average molecular weight is 425 g/mol. The molecule has 0 saturated carbocycles. The van der Waals surface area contributed by atoms with Gasteiger partial charge in [-0.05, 0) is 61.6 Å². The molecule has 0 spiro atoms. The second kappa shape index (κ2) is 8.54. The Morgan fingerprint density at radius 1 is 0.875 bits per heavy atom. The van der Waals surface area contributed by atoms with Gasteiger partial charge in [-0.2, -0.15) is 0 Å². The molecule has 1 aliphatic heterocycles. The Bertz CT molecular complexity index is 1160. The van der Waals surface area contributed by atoms with Crippen LogP contribution in [0.3, 0.4) is 0 Å². The third-order valence-electron chi connectivity index (χ3n) is 6.38. The molecule has 2 unspecified atom stereocenters. The maximum Gasteiger partial charge on any atom is 0.163 e. The van der Waals surface area contributed by atoms with E-state index in [0.717, 1.165) is 40.4 Å². The molecule has 1 aliphatic carbocycles. The Hall–Kier alpha value is -3.53. The van der Waals surface area contributed by atoms with Crippen molar-refractivity contribution in [3.8, 4) is 5.75 Å². The lowest BCUT2D eigenvalue weighted by molar-refractivity contribution is -0.116. The minimum Gasteiger partial charge on any atom is -0.494 e. The number of hydrogen-bond acceptors (Lipinski definition) is 4. The largest absolute Gasteiger partial charge is 0.494 e. The van der Waals surface area contributed by atoms with Crippen molar-refractivity contribution in [1.82, 2.24) is 0 Å². The molecule has 2 aliphatic rings. The van der Waals surface area contributed by atoms with Crippen molar-refractivity contribution in [3.05, 3.63) is 101 Å². The maximum atomic E-state index is 13.6. The van der Waals surface area contributed by atoms with Crippen molar-refractivity contribution >= 4 is 17.2 Å². The van der Waals surface area contributed by atoms with Crippen molar-refractivity contribution in [2.45, 2.75) is 38.6 Å². The van der Waals surface area contributed by atoms with Crippen LogP contribution >= 0.6 is 0 Å². The second-order valence-electron chi connectivity index (χ2n) is 8.58. The quantitative estimate of drug-likeness (QED) is 0.511. The Morgan fingerprint density at radius 3 is 2.28 bits per heavy atom. The van der Waals surface area contributed by atoms with Crippen LogP contribution in [0.15, 0.2) is 84.1 Å². The average Bonchev–Trinajstić information content (AvgIpc) is 2.97. The molecule has 5 rings (SSSR count). The number of aryl methyl sites for hydroxylation is 1. The number of hydrogen-bond donors (Lipinski definition) is 2. The summed E-state index contributed by atoms with van der Waals surface area (Å²) in [5.41, 5.74) is 7.38. The Labute approximate surface area is 189 Å². The van der Waals surface area contributed by atoms with Gasteiger partial charge in [0, 0.05) is 17.7 Å². The van der Waals surface area contributed by atoms with Crippen LogP contribution in [0.2, 0.25) is 0 Å². The molecule has 3 aromatic carbocycles. The van der Waals surface area contributed by atoms with Crippen LogP contribution in [0, 0.1) is 6.92 Å². The first-order valence-electron chi connectivity index (χ1n) is 11.3. The first-order chi connectivity index (χ1) is 15.6. The predicted octanol–water partition coefficient (Wildman–Crippen LogP) is 6.37. The summed E-state index contributed by atoms with van der Waals surface area (Å²) < 4.78 is 5.59. The van der Waals surface area contributed by atoms with Crippen LogP contribution in [0.5, 0.6) is 5.75 Å². The number of fused-ring (bicyclic) bond motifs is 1. The van der Waals surface area contributed by atoms with Crippen LogP contribution in [0.25, 0.3) is 0 Å². The summed E-state index contributed by atoms with van der Waals surface area (Å²) in [6.45, 7) is 4.71. The summed E-state index contributed by atoms with van der Waals surface area (Å²) in [6, 6.07) is 24.7. The van der Waals surface area contributed by atoms with Gasteiger partial charge in [-0.25, -0.2) is 0 Å². The highest BCUT2D eigenvalue weighted by molar-refractivity contribution is 6.01. The predicted molar refractivity (Wildman–Crippen MR) is 129 cm³/mol. The van der Waals surface area contributed by atoms with Gasteiger partial charge < -0.3 is 15.4 Å². The van der Waals surface area contributed by atoms with Gasteiger partial charge in [0.1, 0.15) is 5.75 Å². The molecule has 2 N–H and O–H groups in total. The summed E-state index contributed by atoms with van der Waals surface area (Å²) >= 11 is 0. The summed E-state index contributed by atoms with van der Waals surface area (Å²) in [5.74, 6) is 1.21. The fraction of sp³-hybridized carbons (Fsp3) is 0.250. The van der Waals surface area contributed by atoms with E-state index in [2.05, 4.69) is 66.1 Å². The summed E-state index contributed by atoms with van der Waals surface area (Å²) in [6.07, 6.45) is 1.31. The number of rotatable bonds is 4. The molecule has 0 fully saturated rings. The van der Waals surface area contributed by atoms with Gasteiger partial charge in [-0.3, -0.25) is 4.79 Å². The van der Waals surface area contributed by atoms with Crippen molar-refractivity contribution < 1.29 is 9.53 Å². The molecule has 0 bridgehead atoms. The van der Waals surface area contributed by atoms with Crippen LogP contribution in [0.1, 0.15) is 48.4 Å². The monoisotopic (exact) mass is 424 g/mol. The van der Waals surface area contributed by atoms with Gasteiger partial charge in [0.2, 0.25) is 0 Å². The fourth-order valence-electron chi connectivity index (χ4n) is 4.74. The van der Waals surface area contributed by atoms with Gasteiger partial charge in [0.05, 0.1) is 24.0 Å². The van der Waals surface area contributed by atoms with E-state index in [1.807, 2.05) is 31.2 Å². The summed E-state index contributed by atoms with van der Waals surface area (Å²) in [7, 11) is 0. The topological polar surface area (TPSA) is 50.4 Å². The SMILES string of the molecule is CCOc1ccc(C2CC(=O)C3=C(C2)Nc2ccccc2NC3c2ccc(C)cc2)cc1. The van der Waals surface area contributed by atoms with Gasteiger partial charge in [0.25, 0.3) is 0 Å². The zero-order valence-electron chi connectivity index (χ0n) is 18.5. The van der Waals surface area contributed by atoms with Gasteiger partial charge >= 0.3 is 0 Å². The van der Waals surface area contributed by atoms with E-state index in [-0.39, 0.29) is 17.7 Å². The molecule has 0 saturated heterocycles. The van der Waals surface area contributed by atoms with Crippen molar-refractivity contribution in [2.75, 3.05) is 17.2 Å². The van der Waals surface area contributed by atoms with Crippen LogP contribution in [0.4, 0.5) is 11.4 Å². The minimum atomic E-state index is -0.171. The minimum absolute atomic E-state index is 0.147. The van der Waals surface area contributed by atoms with Crippen LogP contribution in [-0.4, -0.2) is 12.4 Å². The number of ketones is 1. The smallest absolute Gasteiger partial charge is 0.163 e. The van der Waals surface area contributed by atoms with E-state index >= 15 is 0 Å². The van der Waals surface area contributed by atoms with E-state index in [1.54, 1.807) is 0 Å². The number of benzene rings is 3. The maximum absolute atomic E-state index is 13.6. The van der Waals surface area contributed by atoms with Gasteiger partial charge in [-0.15, -0.1) is 0 Å². The molecule has 4 nitrogen and oxygen atoms in total. The van der Waals surface area contributed by atoms with E-state index in [9.17, 15) is 4.79 Å². The molecular formula is C28H28N2O2. The van der Waals surface area contributed by atoms with E-state index in [4.69, 9.17) is 4.74 Å². The first kappa shape index (κ1) is 20.4. The summed E-state index contributed by atoms with van der Waals surface area (Å²) in [4.78, 5) is 13.6. The third-order valence-corrected chi connectivity index (χ3v) is 6.38. The van der Waals surface area contributed by atoms with Gasteiger partial charge in [-0.1, -0.05) is 54.1 Å². The molecule has 2 atom stereocenters. The van der Waals surface area contributed by atoms with Crippen LogP contribution in [-0.2, 0) is 4.79 Å². The Balaban J connectivity index is 1.54. The third kappa shape index (κ3) is 3.89. The van der Waals surface area contributed by atoms with Crippen LogP contribution < -0.4 is 15.4 Å². The molecule has 3 aromatic rings. The number of anilines is 2. The molecule has 0 radical (unpaired) electrons. The Morgan fingerprint density at radius 2 is 1.56 bits per heavy atom. The lowest BCUT2D eigenvalue weighted by atomic mass is 9.78. The molecule has 0 aromatic heterocycles. The molecule has 162 valence electrons. The molecule has 32 heavy (non-hydrogen) atoms. The normalized spacial score (nSPS) is 19.9. The number of Topliss-reactive ketones (excluding diaryl/α,β-unsaturated/α-hetero) is 1. The molecular weight excluding hydrogens is 396 g/mol. The van der Waals surface area contributed by atoms with Crippen molar-refractivity contribution in [1.29, 1.82) is 0 Å². The number of carbonyl (C=O) groups is 1. The van der Waals surface area contributed by atoms with E-state index in [0.29, 0.717) is 13.0 Å². The number of ether oxygens (including phenoxy) is 1. The zero-order chi connectivity index (χ0) is 22.1. The second-order valence-corrected chi connectivity index (χ2v) is 8.58. The highest BCUT2D eigenvalue weighted by atomic mass is 16.5. The standard InChI is InChI=1S/C28H28N2O2/c1-3-32-22-14-12-19(13-15-22)21-16-25-27(26(31)17-21)28(20-10-8-18(2)9-11-20)30-24-7-5-4-6-23(24)29-25/h4-15,21,28-30H,3,16-17H2,1-2H3. The number of allylic oxidation sites excluding steroid dienone is 1. The molecule has 1 heterocycles. The molecule has 0 amide bonds. The van der Waals surface area contributed by atoms with Gasteiger partial charge in [0.15, 0.2) is 5.78 Å². The molecule has 4 heteroatoms. The highest BCUT2D eigenvalue weighted by Gasteiger charge is 2.36. The van der Waals surface area contributed by atoms with Crippen molar-refractivity contribution in [2.24, 2.45) is 0 Å². The summed E-state index contributed by atoms with van der Waals surface area (Å²) in [5, 5.41) is 7.25. The first-order valence-corrected chi connectivity index (χ1v) is 11.3. The lowest BCUT2D eigenvalue weighted by Gasteiger charge is -2.30. The lowest BCUT2D eigenvalue weighted by Crippen LogP contribution is -2.26.